The van der Waals surface area contributed by atoms with Crippen molar-refractivity contribution >= 4 is 22.4 Å². The van der Waals surface area contributed by atoms with Crippen LogP contribution < -0.4 is 0 Å². The van der Waals surface area contributed by atoms with Crippen LogP contribution in [-0.4, -0.2) is 50.9 Å². The van der Waals surface area contributed by atoms with Crippen molar-refractivity contribution in [2.45, 2.75) is 38.8 Å². The predicted octanol–water partition coefficient (Wildman–Crippen LogP) is 3.85. The van der Waals surface area contributed by atoms with E-state index in [0.717, 1.165) is 22.9 Å². The molecule has 8 nitrogen and oxygen atoms in total. The quantitative estimate of drug-likeness (QED) is 0.214. The smallest absolute Gasteiger partial charge is 0.338 e. The largest absolute Gasteiger partial charge is 0.451 e. The van der Waals surface area contributed by atoms with Crippen LogP contribution in [0.1, 0.15) is 33.5 Å². The number of ether oxygens (including phenoxy) is 2. The summed E-state index contributed by atoms with van der Waals surface area (Å²) in [5.74, 6) is -0.676. The lowest BCUT2D eigenvalue weighted by Gasteiger charge is -2.20. The van der Waals surface area contributed by atoms with Gasteiger partial charge < -0.3 is 14.6 Å². The van der Waals surface area contributed by atoms with Gasteiger partial charge in [0.1, 0.15) is 6.10 Å². The molecule has 0 amide bonds. The standard InChI is InChI=1S/C21H24O7S.C7H8O/c1-16-8-10-18(11-9-16)21(23)27-19(13-22)12-20(28-29(2,24)25)15-26-14-17-6-4-3-5-7-17;8-6-7-4-2-1-3-5-7/h3-11,13,19-20H,12,14-15H2,1-2H3;1-5,8H,6H2/t19-,20+;/m0./s1. The lowest BCUT2D eigenvalue weighted by atomic mass is 10.1. The Morgan fingerprint density at radius 3 is 1.97 bits per heavy atom. The van der Waals surface area contributed by atoms with Crippen molar-refractivity contribution in [3.8, 4) is 0 Å². The average Bonchev–Trinajstić information content (AvgIpc) is 2.89. The van der Waals surface area contributed by atoms with Crippen LogP contribution >= 0.6 is 0 Å². The highest BCUT2D eigenvalue weighted by Gasteiger charge is 2.24. The van der Waals surface area contributed by atoms with Crippen molar-refractivity contribution in [2.24, 2.45) is 0 Å². The fourth-order valence-corrected chi connectivity index (χ4v) is 3.76. The maximum absolute atomic E-state index is 12.2. The van der Waals surface area contributed by atoms with Crippen molar-refractivity contribution in [3.05, 3.63) is 107 Å². The lowest BCUT2D eigenvalue weighted by Crippen LogP contribution is -2.31. The van der Waals surface area contributed by atoms with Crippen LogP contribution in [0, 0.1) is 6.92 Å². The zero-order valence-electron chi connectivity index (χ0n) is 20.9. The Kier molecular flexibility index (Phi) is 12.7. The SMILES string of the molecule is Cc1ccc(C(=O)O[C@H](C=O)C[C@H](COCc2ccccc2)OS(C)(=O)=O)cc1.OCc1ccccc1. The van der Waals surface area contributed by atoms with Crippen LogP contribution in [0.5, 0.6) is 0 Å². The summed E-state index contributed by atoms with van der Waals surface area (Å²) in [5.41, 5.74) is 3.14. The molecule has 0 saturated carbocycles. The maximum atomic E-state index is 12.2. The normalized spacial score (nSPS) is 12.5. The van der Waals surface area contributed by atoms with Gasteiger partial charge in [0.05, 0.1) is 31.6 Å². The number of aliphatic hydroxyl groups excluding tert-OH is 1. The first kappa shape index (κ1) is 29.9. The molecule has 37 heavy (non-hydrogen) atoms. The summed E-state index contributed by atoms with van der Waals surface area (Å²) in [5, 5.41) is 8.54. The summed E-state index contributed by atoms with van der Waals surface area (Å²) in [6, 6.07) is 25.5. The molecule has 1 N–H and O–H groups in total. The molecular formula is C28H32O8S. The fourth-order valence-electron chi connectivity index (χ4n) is 3.13. The number of aldehydes is 1. The number of aliphatic hydroxyl groups is 1. The molecule has 0 fully saturated rings. The maximum Gasteiger partial charge on any atom is 0.338 e. The van der Waals surface area contributed by atoms with Gasteiger partial charge in [-0.1, -0.05) is 78.4 Å². The summed E-state index contributed by atoms with van der Waals surface area (Å²) in [7, 11) is -3.79. The third-order valence-electron chi connectivity index (χ3n) is 4.94. The van der Waals surface area contributed by atoms with Gasteiger partial charge in [-0.3, -0.25) is 8.98 Å². The number of carbonyl (C=O) groups is 2. The molecule has 0 aliphatic carbocycles. The summed E-state index contributed by atoms with van der Waals surface area (Å²) >= 11 is 0. The second kappa shape index (κ2) is 15.7. The van der Waals surface area contributed by atoms with Crippen LogP contribution in [0.15, 0.2) is 84.9 Å². The minimum absolute atomic E-state index is 0.0889. The highest BCUT2D eigenvalue weighted by atomic mass is 32.2. The number of esters is 1. The number of hydrogen-bond acceptors (Lipinski definition) is 8. The first-order valence-electron chi connectivity index (χ1n) is 11.6. The Labute approximate surface area is 217 Å². The summed E-state index contributed by atoms with van der Waals surface area (Å²) < 4.78 is 38.8. The molecular weight excluding hydrogens is 496 g/mol. The van der Waals surface area contributed by atoms with E-state index in [-0.39, 0.29) is 26.2 Å². The van der Waals surface area contributed by atoms with Gasteiger partial charge in [-0.25, -0.2) is 4.79 Å². The summed E-state index contributed by atoms with van der Waals surface area (Å²) in [4.78, 5) is 23.6. The molecule has 0 bridgehead atoms. The minimum Gasteiger partial charge on any atom is -0.451 e. The first-order valence-corrected chi connectivity index (χ1v) is 13.4. The number of aryl methyl sites for hydroxylation is 1. The van der Waals surface area contributed by atoms with Crippen molar-refractivity contribution in [2.75, 3.05) is 12.9 Å². The summed E-state index contributed by atoms with van der Waals surface area (Å²) in [6.45, 7) is 2.18. The molecule has 198 valence electrons. The van der Waals surface area contributed by atoms with E-state index in [4.69, 9.17) is 18.8 Å². The highest BCUT2D eigenvalue weighted by Crippen LogP contribution is 2.13. The van der Waals surface area contributed by atoms with Crippen LogP contribution in [0.2, 0.25) is 0 Å². The number of benzene rings is 3. The van der Waals surface area contributed by atoms with Crippen molar-refractivity contribution in [1.82, 2.24) is 0 Å². The molecule has 0 spiro atoms. The Balaban J connectivity index is 0.000000510. The number of rotatable bonds is 12. The molecule has 0 aromatic heterocycles. The van der Waals surface area contributed by atoms with E-state index in [9.17, 15) is 18.0 Å². The van der Waals surface area contributed by atoms with Crippen molar-refractivity contribution in [1.29, 1.82) is 0 Å². The Morgan fingerprint density at radius 1 is 0.919 bits per heavy atom. The molecule has 0 aliphatic heterocycles. The van der Waals surface area contributed by atoms with Gasteiger partial charge in [0, 0.05) is 6.42 Å². The van der Waals surface area contributed by atoms with E-state index in [1.807, 2.05) is 67.6 Å². The van der Waals surface area contributed by atoms with Gasteiger partial charge in [-0.2, -0.15) is 8.42 Å². The zero-order valence-corrected chi connectivity index (χ0v) is 21.7. The van der Waals surface area contributed by atoms with Crippen molar-refractivity contribution < 1.29 is 36.8 Å². The fraction of sp³-hybridized carbons (Fsp3) is 0.286. The van der Waals surface area contributed by atoms with E-state index in [2.05, 4.69) is 0 Å². The highest BCUT2D eigenvalue weighted by molar-refractivity contribution is 7.86. The Bertz CT molecular complexity index is 1180. The van der Waals surface area contributed by atoms with Crippen molar-refractivity contribution in [3.63, 3.8) is 0 Å². The third-order valence-corrected chi connectivity index (χ3v) is 5.57. The van der Waals surface area contributed by atoms with E-state index < -0.39 is 28.3 Å². The third kappa shape index (κ3) is 12.4. The molecule has 3 aromatic carbocycles. The molecule has 0 heterocycles. The molecule has 2 atom stereocenters. The van der Waals surface area contributed by atoms with Gasteiger partial charge in [0.25, 0.3) is 10.1 Å². The van der Waals surface area contributed by atoms with E-state index in [1.54, 1.807) is 24.3 Å². The second-order valence-electron chi connectivity index (χ2n) is 8.25. The van der Waals surface area contributed by atoms with Crippen LogP contribution in [0.4, 0.5) is 0 Å². The summed E-state index contributed by atoms with van der Waals surface area (Å²) in [6.07, 6.45) is -0.943. The van der Waals surface area contributed by atoms with Crippen LogP contribution in [0.25, 0.3) is 0 Å². The van der Waals surface area contributed by atoms with Gasteiger partial charge in [0.2, 0.25) is 0 Å². The van der Waals surface area contributed by atoms with E-state index >= 15 is 0 Å². The predicted molar refractivity (Wildman–Crippen MR) is 139 cm³/mol. The molecule has 0 radical (unpaired) electrons. The van der Waals surface area contributed by atoms with Crippen LogP contribution in [0.3, 0.4) is 0 Å². The molecule has 9 heteroatoms. The van der Waals surface area contributed by atoms with Crippen LogP contribution in [-0.2, 0) is 41.8 Å². The zero-order chi connectivity index (χ0) is 27.1. The van der Waals surface area contributed by atoms with Gasteiger partial charge >= 0.3 is 5.97 Å². The monoisotopic (exact) mass is 528 g/mol. The van der Waals surface area contributed by atoms with Gasteiger partial charge in [-0.15, -0.1) is 0 Å². The Morgan fingerprint density at radius 2 is 1.49 bits per heavy atom. The first-order chi connectivity index (χ1) is 17.7. The van der Waals surface area contributed by atoms with E-state index in [1.165, 1.54) is 0 Å². The molecule has 0 saturated heterocycles. The molecule has 0 aliphatic rings. The second-order valence-corrected chi connectivity index (χ2v) is 9.85. The molecule has 3 rings (SSSR count). The van der Waals surface area contributed by atoms with E-state index in [0.29, 0.717) is 11.8 Å². The Hall–Kier alpha value is -3.37. The molecule has 0 unspecified atom stereocenters. The van der Waals surface area contributed by atoms with Gasteiger partial charge in [-0.05, 0) is 30.2 Å². The number of hydrogen-bond donors (Lipinski definition) is 1. The minimum atomic E-state index is -3.79. The van der Waals surface area contributed by atoms with Gasteiger partial charge in [0.15, 0.2) is 12.4 Å². The molecule has 3 aromatic rings. The topological polar surface area (TPSA) is 116 Å². The lowest BCUT2D eigenvalue weighted by molar-refractivity contribution is -0.117. The number of carbonyl (C=O) groups excluding carboxylic acids is 2. The average molecular weight is 529 g/mol.